The van der Waals surface area contributed by atoms with Crippen LogP contribution >= 0.6 is 0 Å². The van der Waals surface area contributed by atoms with Crippen molar-refractivity contribution in [1.82, 2.24) is 25.6 Å². The molecule has 0 aliphatic carbocycles. The minimum atomic E-state index is -0.217. The van der Waals surface area contributed by atoms with Gasteiger partial charge in [0, 0.05) is 7.05 Å². The molecule has 2 N–H and O–H groups in total. The normalized spacial score (nSPS) is 16.5. The molecule has 1 aliphatic rings. The van der Waals surface area contributed by atoms with E-state index in [1.54, 1.807) is 17.9 Å². The van der Waals surface area contributed by atoms with Gasteiger partial charge in [-0.3, -0.25) is 4.68 Å². The lowest BCUT2D eigenvalue weighted by Gasteiger charge is -2.27. The Morgan fingerprint density at radius 2 is 2.36 bits per heavy atom. The van der Waals surface area contributed by atoms with Crippen LogP contribution in [0.5, 0.6) is 5.75 Å². The summed E-state index contributed by atoms with van der Waals surface area (Å²) >= 11 is 0. The molecule has 7 heteroatoms. The van der Waals surface area contributed by atoms with Crippen LogP contribution in [0.2, 0.25) is 0 Å². The van der Waals surface area contributed by atoms with Gasteiger partial charge in [0.1, 0.15) is 12.4 Å². The number of aromatic nitrogens is 3. The van der Waals surface area contributed by atoms with Crippen molar-refractivity contribution in [2.75, 3.05) is 6.61 Å². The van der Waals surface area contributed by atoms with Crippen LogP contribution in [0.3, 0.4) is 0 Å². The summed E-state index contributed by atoms with van der Waals surface area (Å²) in [4.78, 5) is 12.0. The van der Waals surface area contributed by atoms with Crippen LogP contribution in [0.25, 0.3) is 0 Å². The summed E-state index contributed by atoms with van der Waals surface area (Å²) in [5.74, 6) is 0.946. The van der Waals surface area contributed by atoms with Gasteiger partial charge in [0.05, 0.1) is 24.5 Å². The largest absolute Gasteiger partial charge is 0.491 e. The number of benzene rings is 1. The summed E-state index contributed by atoms with van der Waals surface area (Å²) < 4.78 is 7.40. The Labute approximate surface area is 128 Å². The van der Waals surface area contributed by atoms with Crippen LogP contribution in [0.1, 0.15) is 16.8 Å². The van der Waals surface area contributed by atoms with Gasteiger partial charge in [-0.15, -0.1) is 5.10 Å². The highest BCUT2D eigenvalue weighted by Gasteiger charge is 2.22. The summed E-state index contributed by atoms with van der Waals surface area (Å²) in [5, 5.41) is 13.3. The van der Waals surface area contributed by atoms with Crippen LogP contribution in [0, 0.1) is 6.92 Å². The summed E-state index contributed by atoms with van der Waals surface area (Å²) in [6, 6.07) is 5.83. The number of nitrogens with one attached hydrogen (secondary N) is 2. The number of carbonyl (C=O) groups is 1. The van der Waals surface area contributed by atoms with Gasteiger partial charge in [-0.2, -0.15) is 0 Å². The molecule has 1 aromatic carbocycles. The number of para-hydroxylation sites is 1. The molecular formula is C15H19N5O2. The van der Waals surface area contributed by atoms with Gasteiger partial charge < -0.3 is 15.4 Å². The highest BCUT2D eigenvalue weighted by atomic mass is 16.5. The molecule has 0 saturated heterocycles. The molecule has 1 aromatic heterocycles. The molecule has 3 rings (SSSR count). The zero-order valence-corrected chi connectivity index (χ0v) is 12.7. The van der Waals surface area contributed by atoms with Crippen molar-refractivity contribution in [3.05, 3.63) is 41.2 Å². The zero-order chi connectivity index (χ0) is 15.5. The van der Waals surface area contributed by atoms with Crippen LogP contribution < -0.4 is 15.4 Å². The van der Waals surface area contributed by atoms with E-state index in [-0.39, 0.29) is 12.1 Å². The van der Waals surface area contributed by atoms with E-state index in [1.165, 1.54) is 0 Å². The monoisotopic (exact) mass is 301 g/mol. The first-order chi connectivity index (χ1) is 10.6. The fraction of sp³-hybridized carbons (Fsp3) is 0.400. The van der Waals surface area contributed by atoms with Gasteiger partial charge in [-0.05, 0) is 24.5 Å². The Morgan fingerprint density at radius 3 is 3.14 bits per heavy atom. The van der Waals surface area contributed by atoms with Crippen molar-refractivity contribution in [1.29, 1.82) is 0 Å². The summed E-state index contributed by atoms with van der Waals surface area (Å²) in [6.45, 7) is 2.90. The number of amides is 2. The average Bonchev–Trinajstić information content (AvgIpc) is 2.91. The second kappa shape index (κ2) is 6.05. The van der Waals surface area contributed by atoms with Gasteiger partial charge in [0.25, 0.3) is 0 Å². The van der Waals surface area contributed by atoms with E-state index < -0.39 is 0 Å². The first-order valence-corrected chi connectivity index (χ1v) is 7.22. The third kappa shape index (κ3) is 3.03. The van der Waals surface area contributed by atoms with Crippen LogP contribution in [0.15, 0.2) is 24.4 Å². The van der Waals surface area contributed by atoms with E-state index in [4.69, 9.17) is 4.74 Å². The third-order valence-corrected chi connectivity index (χ3v) is 3.76. The van der Waals surface area contributed by atoms with E-state index >= 15 is 0 Å². The molecule has 0 spiro atoms. The van der Waals surface area contributed by atoms with Gasteiger partial charge in [-0.1, -0.05) is 23.4 Å². The Hall–Kier alpha value is -2.57. The van der Waals surface area contributed by atoms with Crippen molar-refractivity contribution >= 4 is 6.03 Å². The van der Waals surface area contributed by atoms with Crippen molar-refractivity contribution in [3.8, 4) is 5.75 Å². The fourth-order valence-electron chi connectivity index (χ4n) is 2.56. The predicted molar refractivity (Wildman–Crippen MR) is 80.5 cm³/mol. The van der Waals surface area contributed by atoms with Gasteiger partial charge in [-0.25, -0.2) is 4.79 Å². The lowest BCUT2D eigenvalue weighted by atomic mass is 10.0. The lowest BCUT2D eigenvalue weighted by Crippen LogP contribution is -2.47. The summed E-state index contributed by atoms with van der Waals surface area (Å²) in [6.07, 6.45) is 2.40. The maximum Gasteiger partial charge on any atom is 0.315 e. The Morgan fingerprint density at radius 1 is 1.50 bits per heavy atom. The molecule has 0 fully saturated rings. The highest BCUT2D eigenvalue weighted by molar-refractivity contribution is 5.74. The van der Waals surface area contributed by atoms with E-state index in [0.717, 1.165) is 29.0 Å². The van der Waals surface area contributed by atoms with E-state index in [0.29, 0.717) is 13.2 Å². The van der Waals surface area contributed by atoms with Gasteiger partial charge in [0.2, 0.25) is 0 Å². The number of urea groups is 1. The molecule has 1 atom stereocenters. The number of hydrogen-bond acceptors (Lipinski definition) is 4. The SMILES string of the molecule is Cc1cccc2c1OC[C@@H](NC(=O)NCc1cnnn1C)C2. The molecule has 2 amide bonds. The minimum absolute atomic E-state index is 0.0287. The summed E-state index contributed by atoms with van der Waals surface area (Å²) in [7, 11) is 1.79. The number of hydrogen-bond donors (Lipinski definition) is 2. The van der Waals surface area contributed by atoms with Crippen LogP contribution in [0.4, 0.5) is 4.79 Å². The number of ether oxygens (including phenoxy) is 1. The van der Waals surface area contributed by atoms with Crippen molar-refractivity contribution in [2.45, 2.75) is 25.9 Å². The number of rotatable bonds is 3. The molecule has 1 aliphatic heterocycles. The van der Waals surface area contributed by atoms with E-state index in [1.807, 2.05) is 25.1 Å². The number of carbonyl (C=O) groups excluding carboxylic acids is 1. The molecule has 0 bridgehead atoms. The second-order valence-corrected chi connectivity index (χ2v) is 5.45. The van der Waals surface area contributed by atoms with Crippen molar-refractivity contribution in [2.24, 2.45) is 7.05 Å². The zero-order valence-electron chi connectivity index (χ0n) is 12.7. The molecule has 0 saturated carbocycles. The fourth-order valence-corrected chi connectivity index (χ4v) is 2.56. The van der Waals surface area contributed by atoms with Crippen molar-refractivity contribution in [3.63, 3.8) is 0 Å². The van der Waals surface area contributed by atoms with Gasteiger partial charge in [0.15, 0.2) is 0 Å². The molecule has 2 heterocycles. The molecule has 116 valence electrons. The second-order valence-electron chi connectivity index (χ2n) is 5.45. The Kier molecular flexibility index (Phi) is 3.95. The lowest BCUT2D eigenvalue weighted by molar-refractivity contribution is 0.213. The highest BCUT2D eigenvalue weighted by Crippen LogP contribution is 2.28. The Bertz CT molecular complexity index is 682. The molecular weight excluding hydrogens is 282 g/mol. The standard InChI is InChI=1S/C15H19N5O2/c1-10-4-3-5-11-6-12(9-22-14(10)11)18-15(21)16-7-13-8-17-19-20(13)2/h3-5,8,12H,6-7,9H2,1-2H3,(H2,16,18,21)/t12-/m0/s1. The Balaban J connectivity index is 1.54. The van der Waals surface area contributed by atoms with Crippen LogP contribution in [-0.4, -0.2) is 33.7 Å². The summed E-state index contributed by atoms with van der Waals surface area (Å²) in [5.41, 5.74) is 3.10. The van der Waals surface area contributed by atoms with Crippen molar-refractivity contribution < 1.29 is 9.53 Å². The predicted octanol–water partition coefficient (Wildman–Crippen LogP) is 0.926. The quantitative estimate of drug-likeness (QED) is 0.883. The maximum absolute atomic E-state index is 12.0. The molecule has 0 unspecified atom stereocenters. The first kappa shape index (κ1) is 14.4. The number of fused-ring (bicyclic) bond motifs is 1. The number of nitrogens with zero attached hydrogens (tertiary/aromatic N) is 3. The number of aryl methyl sites for hydroxylation is 2. The molecule has 0 radical (unpaired) electrons. The topological polar surface area (TPSA) is 81.1 Å². The van der Waals surface area contributed by atoms with Crippen LogP contribution in [-0.2, 0) is 20.0 Å². The van der Waals surface area contributed by atoms with E-state index in [2.05, 4.69) is 20.9 Å². The smallest absolute Gasteiger partial charge is 0.315 e. The molecule has 22 heavy (non-hydrogen) atoms. The molecule has 7 nitrogen and oxygen atoms in total. The van der Waals surface area contributed by atoms with E-state index in [9.17, 15) is 4.79 Å². The maximum atomic E-state index is 12.0. The van der Waals surface area contributed by atoms with Gasteiger partial charge >= 0.3 is 6.03 Å². The first-order valence-electron chi connectivity index (χ1n) is 7.22. The third-order valence-electron chi connectivity index (χ3n) is 3.76. The minimum Gasteiger partial charge on any atom is -0.491 e. The molecule has 2 aromatic rings. The average molecular weight is 301 g/mol.